The second kappa shape index (κ2) is 8.22. The lowest BCUT2D eigenvalue weighted by Crippen LogP contribution is -2.21. The smallest absolute Gasteiger partial charge is 0.350 e. The largest absolute Gasteiger partial charge is 0.451 e. The number of rotatable bonds is 5. The van der Waals surface area contributed by atoms with Gasteiger partial charge in [-0.25, -0.2) is 22.9 Å². The Bertz CT molecular complexity index is 1040. The van der Waals surface area contributed by atoms with Gasteiger partial charge in [0.15, 0.2) is 6.61 Å². The van der Waals surface area contributed by atoms with Crippen LogP contribution >= 0.6 is 11.3 Å². The Hall–Kier alpha value is -3.20. The number of aryl methyl sites for hydroxylation is 1. The fourth-order valence-corrected chi connectivity index (χ4v) is 3.24. The van der Waals surface area contributed by atoms with Gasteiger partial charge in [-0.15, -0.1) is 11.3 Å². The summed E-state index contributed by atoms with van der Waals surface area (Å²) in [4.78, 5) is 28.5. The first kappa shape index (κ1) is 19.6. The first-order valence-electron chi connectivity index (χ1n) is 7.99. The Morgan fingerprint density at radius 3 is 2.46 bits per heavy atom. The first-order valence-corrected chi connectivity index (χ1v) is 8.80. The van der Waals surface area contributed by atoms with E-state index in [1.165, 1.54) is 24.3 Å². The van der Waals surface area contributed by atoms with E-state index in [1.807, 2.05) is 0 Å². The Kier molecular flexibility index (Phi) is 5.74. The van der Waals surface area contributed by atoms with Crippen LogP contribution in [0.1, 0.15) is 15.4 Å². The molecule has 0 radical (unpaired) electrons. The van der Waals surface area contributed by atoms with Crippen molar-refractivity contribution in [3.05, 3.63) is 70.5 Å². The molecule has 0 bridgehead atoms. The standard InChI is InChI=1S/C19H13F3N2O3S/c1-10-17(28-18(23-10)11-2-4-12(20)5-3-11)19(26)27-9-16(25)24-15-8-13(21)6-7-14(15)22/h2-8H,9H2,1H3,(H,24,25). The minimum atomic E-state index is -0.821. The van der Waals surface area contributed by atoms with Crippen molar-refractivity contribution < 1.29 is 27.5 Å². The van der Waals surface area contributed by atoms with Gasteiger partial charge in [0.2, 0.25) is 0 Å². The summed E-state index contributed by atoms with van der Waals surface area (Å²) < 4.78 is 44.6. The van der Waals surface area contributed by atoms with Crippen LogP contribution in [0.2, 0.25) is 0 Å². The summed E-state index contributed by atoms with van der Waals surface area (Å²) in [7, 11) is 0. The van der Waals surface area contributed by atoms with E-state index in [-0.39, 0.29) is 10.6 Å². The minimum Gasteiger partial charge on any atom is -0.451 e. The number of nitrogens with zero attached hydrogens (tertiary/aromatic N) is 1. The van der Waals surface area contributed by atoms with E-state index in [9.17, 15) is 22.8 Å². The van der Waals surface area contributed by atoms with Crippen LogP contribution in [0.3, 0.4) is 0 Å². The highest BCUT2D eigenvalue weighted by molar-refractivity contribution is 7.17. The maximum absolute atomic E-state index is 13.5. The predicted molar refractivity (Wildman–Crippen MR) is 97.5 cm³/mol. The number of carbonyl (C=O) groups is 2. The number of nitrogens with one attached hydrogen (secondary N) is 1. The molecule has 0 fully saturated rings. The van der Waals surface area contributed by atoms with Gasteiger partial charge in [0.1, 0.15) is 27.3 Å². The molecule has 3 rings (SSSR count). The van der Waals surface area contributed by atoms with Gasteiger partial charge in [-0.05, 0) is 43.3 Å². The van der Waals surface area contributed by atoms with Gasteiger partial charge in [-0.1, -0.05) is 0 Å². The highest BCUT2D eigenvalue weighted by Crippen LogP contribution is 2.28. The van der Waals surface area contributed by atoms with E-state index < -0.39 is 35.9 Å². The fraction of sp³-hybridized carbons (Fsp3) is 0.105. The van der Waals surface area contributed by atoms with Gasteiger partial charge < -0.3 is 10.1 Å². The molecule has 1 heterocycles. The molecule has 5 nitrogen and oxygen atoms in total. The number of anilines is 1. The lowest BCUT2D eigenvalue weighted by Gasteiger charge is -2.07. The molecule has 9 heteroatoms. The monoisotopic (exact) mass is 406 g/mol. The third-order valence-electron chi connectivity index (χ3n) is 3.61. The van der Waals surface area contributed by atoms with E-state index in [0.717, 1.165) is 29.5 Å². The van der Waals surface area contributed by atoms with Crippen LogP contribution < -0.4 is 5.32 Å². The average Bonchev–Trinajstić information content (AvgIpc) is 3.05. The van der Waals surface area contributed by atoms with Crippen molar-refractivity contribution in [2.24, 2.45) is 0 Å². The van der Waals surface area contributed by atoms with Crippen LogP contribution in [0, 0.1) is 24.4 Å². The van der Waals surface area contributed by atoms with Crippen LogP contribution in [-0.4, -0.2) is 23.5 Å². The van der Waals surface area contributed by atoms with Crippen LogP contribution in [0.4, 0.5) is 18.9 Å². The molecule has 144 valence electrons. The molecule has 0 saturated heterocycles. The van der Waals surface area contributed by atoms with E-state index in [4.69, 9.17) is 4.74 Å². The summed E-state index contributed by atoms with van der Waals surface area (Å²) in [6.07, 6.45) is 0. The number of halogens is 3. The van der Waals surface area contributed by atoms with Crippen molar-refractivity contribution in [1.29, 1.82) is 0 Å². The molecule has 0 aliphatic rings. The topological polar surface area (TPSA) is 68.3 Å². The van der Waals surface area contributed by atoms with Crippen LogP contribution in [0.25, 0.3) is 10.6 Å². The van der Waals surface area contributed by atoms with Crippen molar-refractivity contribution in [1.82, 2.24) is 4.98 Å². The quantitative estimate of drug-likeness (QED) is 0.641. The lowest BCUT2D eigenvalue weighted by atomic mass is 10.2. The van der Waals surface area contributed by atoms with Gasteiger partial charge in [0.25, 0.3) is 5.91 Å². The molecule has 0 aliphatic heterocycles. The molecule has 0 spiro atoms. The molecule has 3 aromatic rings. The maximum atomic E-state index is 13.5. The fourth-order valence-electron chi connectivity index (χ4n) is 2.28. The zero-order valence-corrected chi connectivity index (χ0v) is 15.3. The summed E-state index contributed by atoms with van der Waals surface area (Å²) in [5, 5.41) is 2.63. The van der Waals surface area contributed by atoms with Gasteiger partial charge >= 0.3 is 5.97 Å². The zero-order chi connectivity index (χ0) is 20.3. The van der Waals surface area contributed by atoms with E-state index in [2.05, 4.69) is 10.3 Å². The molecule has 1 aromatic heterocycles. The minimum absolute atomic E-state index is 0.184. The van der Waals surface area contributed by atoms with Crippen molar-refractivity contribution in [3.8, 4) is 10.6 Å². The Morgan fingerprint density at radius 1 is 1.07 bits per heavy atom. The van der Waals surface area contributed by atoms with Crippen molar-refractivity contribution in [2.45, 2.75) is 6.92 Å². The molecular formula is C19H13F3N2O3S. The van der Waals surface area contributed by atoms with E-state index >= 15 is 0 Å². The number of benzene rings is 2. The highest BCUT2D eigenvalue weighted by atomic mass is 32.1. The van der Waals surface area contributed by atoms with Crippen LogP contribution in [-0.2, 0) is 9.53 Å². The van der Waals surface area contributed by atoms with Gasteiger partial charge in [-0.3, -0.25) is 4.79 Å². The summed E-state index contributed by atoms with van der Waals surface area (Å²) in [6, 6.07) is 8.22. The third kappa shape index (κ3) is 4.55. The Labute approximate surface area is 161 Å². The summed E-state index contributed by atoms with van der Waals surface area (Å²) >= 11 is 1.04. The van der Waals surface area contributed by atoms with Crippen LogP contribution in [0.5, 0.6) is 0 Å². The molecule has 0 atom stereocenters. The molecule has 0 unspecified atom stereocenters. The Balaban J connectivity index is 1.64. The molecule has 1 amide bonds. The first-order chi connectivity index (χ1) is 13.3. The summed E-state index contributed by atoms with van der Waals surface area (Å²) in [5.41, 5.74) is 0.674. The SMILES string of the molecule is Cc1nc(-c2ccc(F)cc2)sc1C(=O)OCC(=O)Nc1cc(F)ccc1F. The lowest BCUT2D eigenvalue weighted by molar-refractivity contribution is -0.119. The number of amides is 1. The number of esters is 1. The molecule has 1 N–H and O–H groups in total. The Morgan fingerprint density at radius 2 is 1.75 bits per heavy atom. The van der Waals surface area contributed by atoms with E-state index in [1.54, 1.807) is 6.92 Å². The number of carbonyl (C=O) groups excluding carboxylic acids is 2. The predicted octanol–water partition coefficient (Wildman–Crippen LogP) is 4.33. The molecule has 0 saturated carbocycles. The second-order valence-corrected chi connectivity index (χ2v) is 6.69. The number of thiazole rings is 1. The van der Waals surface area contributed by atoms with E-state index in [0.29, 0.717) is 16.3 Å². The third-order valence-corrected chi connectivity index (χ3v) is 4.80. The number of ether oxygens (including phenoxy) is 1. The number of aromatic nitrogens is 1. The van der Waals surface area contributed by atoms with Crippen molar-refractivity contribution in [3.63, 3.8) is 0 Å². The van der Waals surface area contributed by atoms with Gasteiger partial charge in [0, 0.05) is 11.6 Å². The maximum Gasteiger partial charge on any atom is 0.350 e. The number of hydrogen-bond acceptors (Lipinski definition) is 5. The average molecular weight is 406 g/mol. The summed E-state index contributed by atoms with van der Waals surface area (Å²) in [6.45, 7) is 0.917. The molecule has 0 aliphatic carbocycles. The second-order valence-electron chi connectivity index (χ2n) is 5.69. The highest BCUT2D eigenvalue weighted by Gasteiger charge is 2.19. The number of hydrogen-bond donors (Lipinski definition) is 1. The van der Waals surface area contributed by atoms with Crippen molar-refractivity contribution in [2.75, 3.05) is 11.9 Å². The zero-order valence-electron chi connectivity index (χ0n) is 14.5. The van der Waals surface area contributed by atoms with Crippen molar-refractivity contribution >= 4 is 28.9 Å². The van der Waals surface area contributed by atoms with Gasteiger partial charge in [-0.2, -0.15) is 0 Å². The van der Waals surface area contributed by atoms with Gasteiger partial charge in [0.05, 0.1) is 11.4 Å². The summed E-state index contributed by atoms with van der Waals surface area (Å²) in [5.74, 6) is -3.53. The normalized spacial score (nSPS) is 10.6. The van der Waals surface area contributed by atoms with Crippen LogP contribution in [0.15, 0.2) is 42.5 Å². The molecule has 2 aromatic carbocycles. The molecular weight excluding hydrogens is 393 g/mol. The molecule has 28 heavy (non-hydrogen) atoms.